The summed E-state index contributed by atoms with van der Waals surface area (Å²) in [5, 5.41) is 2.87. The minimum Gasteiger partial charge on any atom is -0.398 e. The van der Waals surface area contributed by atoms with Gasteiger partial charge in [0.25, 0.3) is 5.91 Å². The average molecular weight is 352 g/mol. The Bertz CT molecular complexity index is 596. The molecule has 3 nitrogen and oxygen atoms in total. The summed E-state index contributed by atoms with van der Waals surface area (Å²) in [5.74, 6) is -0.137. The monoisotopic (exact) mass is 352 g/mol. The molecule has 4 heteroatoms. The standard InChI is InChI=1S/C14H13IN2O/c1-9-12(6-3-7-13(9)16)14(18)17-11-5-2-4-10(15)8-11/h2-8H,16H2,1H3,(H,17,18). The van der Waals surface area contributed by atoms with E-state index in [1.165, 1.54) is 0 Å². The Kier molecular flexibility index (Phi) is 3.86. The Hall–Kier alpha value is -1.56. The number of carbonyl (C=O) groups excluding carboxylic acids is 1. The molecule has 0 aliphatic carbocycles. The fourth-order valence-electron chi connectivity index (χ4n) is 1.66. The van der Waals surface area contributed by atoms with Gasteiger partial charge in [0.1, 0.15) is 0 Å². The molecule has 0 aliphatic heterocycles. The Labute approximate surface area is 120 Å². The van der Waals surface area contributed by atoms with Crippen molar-refractivity contribution in [2.24, 2.45) is 0 Å². The van der Waals surface area contributed by atoms with Crippen molar-refractivity contribution in [2.75, 3.05) is 11.1 Å². The van der Waals surface area contributed by atoms with Crippen LogP contribution in [0.1, 0.15) is 15.9 Å². The second kappa shape index (κ2) is 5.39. The molecule has 0 spiro atoms. The number of nitrogen functional groups attached to an aromatic ring is 1. The summed E-state index contributed by atoms with van der Waals surface area (Å²) in [7, 11) is 0. The van der Waals surface area contributed by atoms with Crippen molar-refractivity contribution in [3.05, 3.63) is 57.2 Å². The van der Waals surface area contributed by atoms with Crippen LogP contribution in [0, 0.1) is 10.5 Å². The van der Waals surface area contributed by atoms with Gasteiger partial charge in [0.15, 0.2) is 0 Å². The van der Waals surface area contributed by atoms with Crippen LogP contribution >= 0.6 is 22.6 Å². The first-order chi connectivity index (χ1) is 8.58. The number of benzene rings is 2. The minimum atomic E-state index is -0.137. The van der Waals surface area contributed by atoms with Crippen molar-refractivity contribution < 1.29 is 4.79 Å². The van der Waals surface area contributed by atoms with E-state index in [1.54, 1.807) is 18.2 Å². The third-order valence-corrected chi connectivity index (χ3v) is 3.37. The normalized spacial score (nSPS) is 10.1. The zero-order chi connectivity index (χ0) is 13.1. The summed E-state index contributed by atoms with van der Waals surface area (Å²) >= 11 is 2.21. The fourth-order valence-corrected chi connectivity index (χ4v) is 2.21. The lowest BCUT2D eigenvalue weighted by molar-refractivity contribution is 0.102. The number of hydrogen-bond acceptors (Lipinski definition) is 2. The van der Waals surface area contributed by atoms with Crippen molar-refractivity contribution in [1.82, 2.24) is 0 Å². The predicted octanol–water partition coefficient (Wildman–Crippen LogP) is 3.43. The van der Waals surface area contributed by atoms with E-state index in [2.05, 4.69) is 27.9 Å². The summed E-state index contributed by atoms with van der Waals surface area (Å²) in [6.45, 7) is 1.85. The topological polar surface area (TPSA) is 55.1 Å². The average Bonchev–Trinajstić information content (AvgIpc) is 2.32. The SMILES string of the molecule is Cc1c(N)cccc1C(=O)Nc1cccc(I)c1. The largest absolute Gasteiger partial charge is 0.398 e. The van der Waals surface area contributed by atoms with Gasteiger partial charge >= 0.3 is 0 Å². The fraction of sp³-hybridized carbons (Fsp3) is 0.0714. The Balaban J connectivity index is 2.25. The lowest BCUT2D eigenvalue weighted by Gasteiger charge is -2.09. The van der Waals surface area contributed by atoms with Crippen molar-refractivity contribution in [2.45, 2.75) is 6.92 Å². The van der Waals surface area contributed by atoms with E-state index in [-0.39, 0.29) is 5.91 Å². The molecule has 2 aromatic carbocycles. The molecule has 18 heavy (non-hydrogen) atoms. The van der Waals surface area contributed by atoms with Crippen LogP contribution in [0.15, 0.2) is 42.5 Å². The van der Waals surface area contributed by atoms with Crippen molar-refractivity contribution in [3.63, 3.8) is 0 Å². The highest BCUT2D eigenvalue weighted by atomic mass is 127. The Morgan fingerprint density at radius 1 is 1.22 bits per heavy atom. The van der Waals surface area contributed by atoms with Gasteiger partial charge in [-0.2, -0.15) is 0 Å². The third-order valence-electron chi connectivity index (χ3n) is 2.70. The maximum absolute atomic E-state index is 12.1. The molecular weight excluding hydrogens is 339 g/mol. The third kappa shape index (κ3) is 2.81. The number of amides is 1. The highest BCUT2D eigenvalue weighted by Gasteiger charge is 2.10. The Morgan fingerprint density at radius 2 is 1.94 bits per heavy atom. The molecule has 0 radical (unpaired) electrons. The van der Waals surface area contributed by atoms with Crippen molar-refractivity contribution in [3.8, 4) is 0 Å². The minimum absolute atomic E-state index is 0.137. The van der Waals surface area contributed by atoms with E-state index < -0.39 is 0 Å². The number of nitrogens with one attached hydrogen (secondary N) is 1. The molecule has 3 N–H and O–H groups in total. The van der Waals surface area contributed by atoms with Gasteiger partial charge in [0, 0.05) is 20.5 Å². The molecular formula is C14H13IN2O. The van der Waals surface area contributed by atoms with E-state index in [4.69, 9.17) is 5.73 Å². The van der Waals surface area contributed by atoms with E-state index in [9.17, 15) is 4.79 Å². The van der Waals surface area contributed by atoms with Gasteiger partial charge in [-0.15, -0.1) is 0 Å². The lowest BCUT2D eigenvalue weighted by Crippen LogP contribution is -2.14. The van der Waals surface area contributed by atoms with Crippen molar-refractivity contribution in [1.29, 1.82) is 0 Å². The zero-order valence-corrected chi connectivity index (χ0v) is 12.1. The number of anilines is 2. The molecule has 0 unspecified atom stereocenters. The van der Waals surface area contributed by atoms with E-state index in [0.717, 1.165) is 14.8 Å². The van der Waals surface area contributed by atoms with Crippen LogP contribution in [0.4, 0.5) is 11.4 Å². The van der Waals surface area contributed by atoms with Crippen LogP contribution in [-0.2, 0) is 0 Å². The number of rotatable bonds is 2. The first kappa shape index (κ1) is 12.9. The lowest BCUT2D eigenvalue weighted by atomic mass is 10.1. The van der Waals surface area contributed by atoms with Crippen LogP contribution in [0.2, 0.25) is 0 Å². The summed E-state index contributed by atoms with van der Waals surface area (Å²) in [6, 6.07) is 13.0. The van der Waals surface area contributed by atoms with Crippen molar-refractivity contribution >= 4 is 39.9 Å². The van der Waals surface area contributed by atoms with Gasteiger partial charge in [-0.25, -0.2) is 0 Å². The molecule has 0 heterocycles. The Morgan fingerprint density at radius 3 is 2.67 bits per heavy atom. The summed E-state index contributed by atoms with van der Waals surface area (Å²) < 4.78 is 1.08. The van der Waals surface area contributed by atoms with Crippen LogP contribution in [0.5, 0.6) is 0 Å². The van der Waals surface area contributed by atoms with Crippen LogP contribution < -0.4 is 11.1 Å². The summed E-state index contributed by atoms with van der Waals surface area (Å²) in [6.07, 6.45) is 0. The predicted molar refractivity (Wildman–Crippen MR) is 82.7 cm³/mol. The first-order valence-electron chi connectivity index (χ1n) is 5.50. The molecule has 1 amide bonds. The van der Waals surface area contributed by atoms with Gasteiger partial charge in [0.05, 0.1) is 0 Å². The second-order valence-corrected chi connectivity index (χ2v) is 5.23. The molecule has 2 aromatic rings. The first-order valence-corrected chi connectivity index (χ1v) is 6.58. The maximum atomic E-state index is 12.1. The molecule has 0 fully saturated rings. The highest BCUT2D eigenvalue weighted by Crippen LogP contribution is 2.18. The van der Waals surface area contributed by atoms with E-state index >= 15 is 0 Å². The number of hydrogen-bond donors (Lipinski definition) is 2. The molecule has 0 aromatic heterocycles. The molecule has 0 aliphatic rings. The molecule has 0 saturated carbocycles. The van der Waals surface area contributed by atoms with Gasteiger partial charge in [0.2, 0.25) is 0 Å². The van der Waals surface area contributed by atoms with E-state index in [0.29, 0.717) is 11.3 Å². The number of carbonyl (C=O) groups is 1. The molecule has 0 atom stereocenters. The zero-order valence-electron chi connectivity index (χ0n) is 9.91. The maximum Gasteiger partial charge on any atom is 0.256 e. The highest BCUT2D eigenvalue weighted by molar-refractivity contribution is 14.1. The smallest absolute Gasteiger partial charge is 0.256 e. The van der Waals surface area contributed by atoms with Crippen LogP contribution in [0.25, 0.3) is 0 Å². The van der Waals surface area contributed by atoms with Crippen LogP contribution in [0.3, 0.4) is 0 Å². The van der Waals surface area contributed by atoms with Gasteiger partial charge < -0.3 is 11.1 Å². The summed E-state index contributed by atoms with van der Waals surface area (Å²) in [5.41, 5.74) is 8.62. The number of halogens is 1. The second-order valence-electron chi connectivity index (χ2n) is 3.98. The van der Waals surface area contributed by atoms with Gasteiger partial charge in [-0.3, -0.25) is 4.79 Å². The van der Waals surface area contributed by atoms with E-state index in [1.807, 2.05) is 31.2 Å². The molecule has 92 valence electrons. The molecule has 2 rings (SSSR count). The molecule has 0 bridgehead atoms. The summed E-state index contributed by atoms with van der Waals surface area (Å²) in [4.78, 5) is 12.1. The molecule has 0 saturated heterocycles. The quantitative estimate of drug-likeness (QED) is 0.643. The van der Waals surface area contributed by atoms with Gasteiger partial charge in [-0.1, -0.05) is 12.1 Å². The van der Waals surface area contributed by atoms with Crippen LogP contribution in [-0.4, -0.2) is 5.91 Å². The van der Waals surface area contributed by atoms with Gasteiger partial charge in [-0.05, 0) is 65.4 Å². The number of nitrogens with two attached hydrogens (primary N) is 1.